The number of thiophene rings is 1. The van der Waals surface area contributed by atoms with E-state index in [-0.39, 0.29) is 17.9 Å². The van der Waals surface area contributed by atoms with Crippen LogP contribution in [0.25, 0.3) is 0 Å². The van der Waals surface area contributed by atoms with Crippen LogP contribution in [0.5, 0.6) is 0 Å². The fraction of sp³-hybridized carbons (Fsp3) is 0.647. The van der Waals surface area contributed by atoms with Gasteiger partial charge in [0.05, 0.1) is 13.1 Å². The predicted molar refractivity (Wildman–Crippen MR) is 92.9 cm³/mol. The Kier molecular flexibility index (Phi) is 5.86. The van der Waals surface area contributed by atoms with Gasteiger partial charge in [-0.2, -0.15) is 0 Å². The van der Waals surface area contributed by atoms with E-state index in [0.717, 1.165) is 25.9 Å². The van der Waals surface area contributed by atoms with Gasteiger partial charge in [0.1, 0.15) is 6.10 Å². The second kappa shape index (κ2) is 8.09. The molecule has 24 heavy (non-hydrogen) atoms. The second-order valence-electron chi connectivity index (χ2n) is 6.41. The first-order valence-corrected chi connectivity index (χ1v) is 9.44. The molecule has 0 aromatic carbocycles. The van der Waals surface area contributed by atoms with E-state index in [4.69, 9.17) is 4.74 Å². The summed E-state index contributed by atoms with van der Waals surface area (Å²) in [5.74, 6) is 0.159. The zero-order valence-corrected chi connectivity index (χ0v) is 14.9. The van der Waals surface area contributed by atoms with E-state index in [0.29, 0.717) is 32.8 Å². The van der Waals surface area contributed by atoms with Crippen LogP contribution in [0.15, 0.2) is 11.4 Å². The standard InChI is InChI=1S/C17H25N3O3S/c1-13-4-10-24-15(13)11-18-16(21)12-19-5-7-20(8-6-19)17(22)14-3-2-9-23-14/h4,10,14H,2-3,5-9,11-12H2,1H3,(H,18,21). The van der Waals surface area contributed by atoms with Gasteiger partial charge in [-0.05, 0) is 36.8 Å². The quantitative estimate of drug-likeness (QED) is 0.860. The molecule has 0 saturated carbocycles. The zero-order valence-electron chi connectivity index (χ0n) is 14.1. The Labute approximate surface area is 146 Å². The number of rotatable bonds is 5. The molecule has 1 N–H and O–H groups in total. The van der Waals surface area contributed by atoms with Crippen molar-refractivity contribution in [3.8, 4) is 0 Å². The Morgan fingerprint density at radius 2 is 2.12 bits per heavy atom. The van der Waals surface area contributed by atoms with Gasteiger partial charge in [0.25, 0.3) is 5.91 Å². The van der Waals surface area contributed by atoms with Crippen LogP contribution in [-0.2, 0) is 20.9 Å². The third kappa shape index (κ3) is 4.34. The van der Waals surface area contributed by atoms with Crippen molar-refractivity contribution in [2.75, 3.05) is 39.3 Å². The van der Waals surface area contributed by atoms with Gasteiger partial charge < -0.3 is 15.0 Å². The van der Waals surface area contributed by atoms with Gasteiger partial charge in [0, 0.05) is 37.7 Å². The molecule has 2 amide bonds. The minimum Gasteiger partial charge on any atom is -0.368 e. The molecule has 0 aliphatic carbocycles. The molecule has 3 rings (SSSR count). The SMILES string of the molecule is Cc1ccsc1CNC(=O)CN1CCN(C(=O)C2CCCO2)CC1. The number of hydrogen-bond acceptors (Lipinski definition) is 5. The lowest BCUT2D eigenvalue weighted by atomic mass is 10.2. The highest BCUT2D eigenvalue weighted by Crippen LogP contribution is 2.16. The molecule has 1 atom stereocenters. The van der Waals surface area contributed by atoms with E-state index in [1.54, 1.807) is 11.3 Å². The van der Waals surface area contributed by atoms with Crippen LogP contribution in [0.1, 0.15) is 23.3 Å². The minimum absolute atomic E-state index is 0.0432. The maximum atomic E-state index is 12.3. The smallest absolute Gasteiger partial charge is 0.251 e. The highest BCUT2D eigenvalue weighted by atomic mass is 32.1. The van der Waals surface area contributed by atoms with Crippen LogP contribution >= 0.6 is 11.3 Å². The van der Waals surface area contributed by atoms with Gasteiger partial charge in [-0.1, -0.05) is 0 Å². The van der Waals surface area contributed by atoms with E-state index < -0.39 is 0 Å². The lowest BCUT2D eigenvalue weighted by Crippen LogP contribution is -2.53. The number of nitrogens with zero attached hydrogens (tertiary/aromatic N) is 2. The monoisotopic (exact) mass is 351 g/mol. The largest absolute Gasteiger partial charge is 0.368 e. The summed E-state index contributed by atoms with van der Waals surface area (Å²) in [6, 6.07) is 2.07. The average molecular weight is 351 g/mol. The number of carbonyl (C=O) groups excluding carboxylic acids is 2. The molecule has 2 fully saturated rings. The summed E-state index contributed by atoms with van der Waals surface area (Å²) in [6.45, 7) is 6.58. The van der Waals surface area contributed by atoms with Crippen LogP contribution in [-0.4, -0.2) is 67.0 Å². The van der Waals surface area contributed by atoms with E-state index in [1.165, 1.54) is 10.4 Å². The topological polar surface area (TPSA) is 61.9 Å². The van der Waals surface area contributed by atoms with Gasteiger partial charge in [-0.3, -0.25) is 14.5 Å². The number of amides is 2. The van der Waals surface area contributed by atoms with Gasteiger partial charge in [-0.25, -0.2) is 0 Å². The molecular formula is C17H25N3O3S. The van der Waals surface area contributed by atoms with E-state index in [2.05, 4.69) is 23.2 Å². The Morgan fingerprint density at radius 1 is 1.33 bits per heavy atom. The van der Waals surface area contributed by atoms with Gasteiger partial charge in [0.2, 0.25) is 5.91 Å². The second-order valence-corrected chi connectivity index (χ2v) is 7.41. The first-order valence-electron chi connectivity index (χ1n) is 8.56. The molecule has 7 heteroatoms. The van der Waals surface area contributed by atoms with E-state index >= 15 is 0 Å². The first kappa shape index (κ1) is 17.4. The summed E-state index contributed by atoms with van der Waals surface area (Å²) in [7, 11) is 0. The fourth-order valence-electron chi connectivity index (χ4n) is 3.13. The Balaban J connectivity index is 1.38. The van der Waals surface area contributed by atoms with E-state index in [9.17, 15) is 9.59 Å². The molecular weight excluding hydrogens is 326 g/mol. The van der Waals surface area contributed by atoms with Crippen LogP contribution < -0.4 is 5.32 Å². The zero-order chi connectivity index (χ0) is 16.9. The van der Waals surface area contributed by atoms with Crippen LogP contribution in [0.2, 0.25) is 0 Å². The van der Waals surface area contributed by atoms with Crippen molar-refractivity contribution in [2.45, 2.75) is 32.4 Å². The first-order chi connectivity index (χ1) is 11.6. The molecule has 1 aromatic heterocycles. The van der Waals surface area contributed by atoms with Crippen molar-refractivity contribution in [1.29, 1.82) is 0 Å². The summed E-state index contributed by atoms with van der Waals surface area (Å²) < 4.78 is 5.47. The summed E-state index contributed by atoms with van der Waals surface area (Å²) in [4.78, 5) is 29.6. The molecule has 0 radical (unpaired) electrons. The molecule has 3 heterocycles. The van der Waals surface area contributed by atoms with E-state index in [1.807, 2.05) is 10.3 Å². The number of hydrogen-bond donors (Lipinski definition) is 1. The average Bonchev–Trinajstić information content (AvgIpc) is 3.25. The van der Waals surface area contributed by atoms with Crippen molar-refractivity contribution >= 4 is 23.2 Å². The lowest BCUT2D eigenvalue weighted by molar-refractivity contribution is -0.142. The summed E-state index contributed by atoms with van der Waals surface area (Å²) >= 11 is 1.67. The molecule has 2 saturated heterocycles. The lowest BCUT2D eigenvalue weighted by Gasteiger charge is -2.35. The highest BCUT2D eigenvalue weighted by molar-refractivity contribution is 7.10. The van der Waals surface area contributed by atoms with Crippen molar-refractivity contribution in [3.63, 3.8) is 0 Å². The molecule has 6 nitrogen and oxygen atoms in total. The number of ether oxygens (including phenoxy) is 1. The molecule has 0 spiro atoms. The van der Waals surface area contributed by atoms with Crippen molar-refractivity contribution in [3.05, 3.63) is 21.9 Å². The molecule has 0 bridgehead atoms. The van der Waals surface area contributed by atoms with Gasteiger partial charge in [0.15, 0.2) is 0 Å². The predicted octanol–water partition coefficient (Wildman–Crippen LogP) is 0.996. The van der Waals surface area contributed by atoms with Gasteiger partial charge in [-0.15, -0.1) is 11.3 Å². The molecule has 132 valence electrons. The third-order valence-corrected chi connectivity index (χ3v) is 5.69. The maximum Gasteiger partial charge on any atom is 0.251 e. The summed E-state index contributed by atoms with van der Waals surface area (Å²) in [6.07, 6.45) is 1.57. The number of carbonyl (C=O) groups is 2. The Bertz CT molecular complexity index is 575. The molecule has 2 aliphatic rings. The number of piperazine rings is 1. The number of aryl methyl sites for hydroxylation is 1. The maximum absolute atomic E-state index is 12.3. The van der Waals surface area contributed by atoms with Crippen LogP contribution in [0, 0.1) is 6.92 Å². The fourth-order valence-corrected chi connectivity index (χ4v) is 3.97. The summed E-state index contributed by atoms with van der Waals surface area (Å²) in [5.41, 5.74) is 1.22. The van der Waals surface area contributed by atoms with Gasteiger partial charge >= 0.3 is 0 Å². The van der Waals surface area contributed by atoms with Crippen LogP contribution in [0.4, 0.5) is 0 Å². The normalized spacial score (nSPS) is 21.9. The Morgan fingerprint density at radius 3 is 2.75 bits per heavy atom. The highest BCUT2D eigenvalue weighted by Gasteiger charge is 2.30. The summed E-state index contributed by atoms with van der Waals surface area (Å²) in [5, 5.41) is 5.02. The Hall–Kier alpha value is -1.44. The van der Waals surface area contributed by atoms with Crippen molar-refractivity contribution in [2.24, 2.45) is 0 Å². The molecule has 2 aliphatic heterocycles. The third-order valence-electron chi connectivity index (χ3n) is 4.67. The number of nitrogens with one attached hydrogen (secondary N) is 1. The molecule has 1 aromatic rings. The van der Waals surface area contributed by atoms with Crippen molar-refractivity contribution in [1.82, 2.24) is 15.1 Å². The van der Waals surface area contributed by atoms with Crippen molar-refractivity contribution < 1.29 is 14.3 Å². The minimum atomic E-state index is -0.242. The van der Waals surface area contributed by atoms with Crippen LogP contribution in [0.3, 0.4) is 0 Å². The molecule has 1 unspecified atom stereocenters.